The molecule has 1 aromatic rings. The van der Waals surface area contributed by atoms with E-state index >= 15 is 0 Å². The molecule has 2 atom stereocenters. The van der Waals surface area contributed by atoms with Crippen LogP contribution in [-0.4, -0.2) is 40.4 Å². The van der Waals surface area contributed by atoms with Gasteiger partial charge in [-0.25, -0.2) is 4.79 Å². The van der Waals surface area contributed by atoms with Crippen LogP contribution in [0.1, 0.15) is 23.6 Å². The highest BCUT2D eigenvalue weighted by molar-refractivity contribution is 5.91. The van der Waals surface area contributed by atoms with Crippen molar-refractivity contribution in [2.45, 2.75) is 24.9 Å². The number of nitrogens with zero attached hydrogens (tertiary/aromatic N) is 1. The summed E-state index contributed by atoms with van der Waals surface area (Å²) in [6, 6.07) is 4.89. The molecule has 0 saturated carbocycles. The van der Waals surface area contributed by atoms with E-state index in [9.17, 15) is 19.5 Å². The third kappa shape index (κ3) is 3.03. The van der Waals surface area contributed by atoms with Gasteiger partial charge >= 0.3 is 5.97 Å². The van der Waals surface area contributed by atoms with Crippen molar-refractivity contribution in [1.82, 2.24) is 4.90 Å². The van der Waals surface area contributed by atoms with Crippen molar-refractivity contribution in [3.8, 4) is 0 Å². The van der Waals surface area contributed by atoms with Gasteiger partial charge in [-0.2, -0.15) is 0 Å². The number of aliphatic carboxylic acids is 1. The number of carboxylic acid groups (broad SMARTS) is 1. The molecule has 1 heterocycles. The highest BCUT2D eigenvalue weighted by atomic mass is 16.4. The van der Waals surface area contributed by atoms with Gasteiger partial charge in [-0.05, 0) is 17.5 Å². The minimum absolute atomic E-state index is 0.249. The van der Waals surface area contributed by atoms with Gasteiger partial charge in [-0.3, -0.25) is 9.59 Å². The summed E-state index contributed by atoms with van der Waals surface area (Å²) in [6.45, 7) is 0.249. The minimum atomic E-state index is -1.12. The topological polar surface area (TPSA) is 127 Å². The average molecular weight is 291 g/mol. The lowest BCUT2D eigenvalue weighted by molar-refractivity contribution is -0.152. The van der Waals surface area contributed by atoms with Crippen molar-refractivity contribution in [1.29, 1.82) is 0 Å². The maximum absolute atomic E-state index is 12.3. The third-order valence-corrected chi connectivity index (χ3v) is 3.54. The van der Waals surface area contributed by atoms with Crippen LogP contribution >= 0.6 is 0 Å². The Morgan fingerprint density at radius 2 is 2.00 bits per heavy atom. The zero-order valence-corrected chi connectivity index (χ0v) is 11.4. The minimum Gasteiger partial charge on any atom is -0.479 e. The molecule has 1 aliphatic heterocycles. The van der Waals surface area contributed by atoms with Gasteiger partial charge in [-0.1, -0.05) is 24.3 Å². The number of rotatable bonds is 4. The molecular weight excluding hydrogens is 274 g/mol. The Balaban J connectivity index is 2.30. The van der Waals surface area contributed by atoms with E-state index in [1.54, 1.807) is 12.1 Å². The lowest BCUT2D eigenvalue weighted by Crippen LogP contribution is -2.51. The molecule has 0 aliphatic carbocycles. The smallest absolute Gasteiger partial charge is 0.331 e. The number of fused-ring (bicyclic) bond motifs is 1. The molecule has 1 aromatic carbocycles. The normalized spacial score (nSPS) is 18.7. The van der Waals surface area contributed by atoms with Gasteiger partial charge in [0, 0.05) is 6.54 Å². The van der Waals surface area contributed by atoms with Crippen LogP contribution in [0.5, 0.6) is 0 Å². The van der Waals surface area contributed by atoms with Gasteiger partial charge in [0.25, 0.3) is 0 Å². The molecule has 0 fully saturated rings. The number of carbonyl (C=O) groups is 3. The second-order valence-corrected chi connectivity index (χ2v) is 5.00. The lowest BCUT2D eigenvalue weighted by atomic mass is 9.92. The molecule has 7 heteroatoms. The number of carboxylic acids is 1. The van der Waals surface area contributed by atoms with Crippen molar-refractivity contribution >= 4 is 17.8 Å². The molecular formula is C14H17N3O4. The maximum Gasteiger partial charge on any atom is 0.331 e. The zero-order chi connectivity index (χ0) is 15.6. The first kappa shape index (κ1) is 15.0. The van der Waals surface area contributed by atoms with Crippen LogP contribution in [-0.2, 0) is 20.8 Å². The molecule has 2 amide bonds. The van der Waals surface area contributed by atoms with Gasteiger partial charge in [0.15, 0.2) is 6.04 Å². The van der Waals surface area contributed by atoms with Gasteiger partial charge in [-0.15, -0.1) is 0 Å². The molecule has 5 N–H and O–H groups in total. The van der Waals surface area contributed by atoms with Crippen LogP contribution in [0.3, 0.4) is 0 Å². The number of amides is 2. The predicted molar refractivity (Wildman–Crippen MR) is 74.0 cm³/mol. The Labute approximate surface area is 121 Å². The lowest BCUT2D eigenvalue weighted by Gasteiger charge is -2.36. The van der Waals surface area contributed by atoms with Crippen molar-refractivity contribution in [2.24, 2.45) is 11.5 Å². The highest BCUT2D eigenvalue weighted by Crippen LogP contribution is 2.30. The molecule has 112 valence electrons. The fourth-order valence-corrected chi connectivity index (χ4v) is 2.59. The number of carbonyl (C=O) groups excluding carboxylic acids is 2. The SMILES string of the molecule is NC(=O)CC(N)C(=O)N1CCc2ccccc2C1C(=O)O. The largest absolute Gasteiger partial charge is 0.479 e. The van der Waals surface area contributed by atoms with Crippen molar-refractivity contribution in [2.75, 3.05) is 6.54 Å². The zero-order valence-electron chi connectivity index (χ0n) is 11.4. The molecule has 0 saturated heterocycles. The van der Waals surface area contributed by atoms with E-state index in [-0.39, 0.29) is 13.0 Å². The average Bonchev–Trinajstić information content (AvgIpc) is 2.44. The first-order chi connectivity index (χ1) is 9.91. The Hall–Kier alpha value is -2.41. The van der Waals surface area contributed by atoms with Crippen molar-refractivity contribution < 1.29 is 19.5 Å². The summed E-state index contributed by atoms with van der Waals surface area (Å²) in [4.78, 5) is 35.9. The van der Waals surface area contributed by atoms with E-state index in [0.717, 1.165) is 5.56 Å². The quantitative estimate of drug-likeness (QED) is 0.682. The predicted octanol–water partition coefficient (Wildman–Crippen LogP) is -0.600. The Kier molecular flexibility index (Phi) is 4.23. The van der Waals surface area contributed by atoms with Gasteiger partial charge in [0.2, 0.25) is 11.8 Å². The van der Waals surface area contributed by atoms with Crippen LogP contribution in [0.4, 0.5) is 0 Å². The maximum atomic E-state index is 12.3. The number of benzene rings is 1. The molecule has 7 nitrogen and oxygen atoms in total. The fraction of sp³-hybridized carbons (Fsp3) is 0.357. The number of primary amides is 1. The summed E-state index contributed by atoms with van der Waals surface area (Å²) >= 11 is 0. The Bertz CT molecular complexity index is 587. The van der Waals surface area contributed by atoms with Crippen LogP contribution in [0.15, 0.2) is 24.3 Å². The monoisotopic (exact) mass is 291 g/mol. The molecule has 2 unspecified atom stereocenters. The van der Waals surface area contributed by atoms with E-state index in [2.05, 4.69) is 0 Å². The first-order valence-corrected chi connectivity index (χ1v) is 6.56. The fourth-order valence-electron chi connectivity index (χ4n) is 2.59. The van der Waals surface area contributed by atoms with Crippen LogP contribution in [0.2, 0.25) is 0 Å². The van der Waals surface area contributed by atoms with E-state index < -0.39 is 29.9 Å². The molecule has 1 aliphatic rings. The Morgan fingerprint density at radius 1 is 1.33 bits per heavy atom. The van der Waals surface area contributed by atoms with E-state index in [4.69, 9.17) is 11.5 Å². The van der Waals surface area contributed by atoms with E-state index in [1.807, 2.05) is 12.1 Å². The highest BCUT2D eigenvalue weighted by Gasteiger charge is 2.37. The van der Waals surface area contributed by atoms with E-state index in [1.165, 1.54) is 4.90 Å². The summed E-state index contributed by atoms with van der Waals surface area (Å²) < 4.78 is 0. The molecule has 2 rings (SSSR count). The summed E-state index contributed by atoms with van der Waals surface area (Å²) in [5.74, 6) is -2.39. The first-order valence-electron chi connectivity index (χ1n) is 6.56. The summed E-state index contributed by atoms with van der Waals surface area (Å²) in [6.07, 6.45) is 0.248. The standard InChI is InChI=1S/C14H17N3O4/c15-10(7-11(16)18)13(19)17-6-5-8-3-1-2-4-9(8)12(17)14(20)21/h1-4,10,12H,5-7,15H2,(H2,16,18)(H,20,21). The molecule has 0 spiro atoms. The molecule has 21 heavy (non-hydrogen) atoms. The van der Waals surface area contributed by atoms with E-state index in [0.29, 0.717) is 12.0 Å². The second kappa shape index (κ2) is 5.92. The van der Waals surface area contributed by atoms with Crippen LogP contribution in [0.25, 0.3) is 0 Å². The summed E-state index contributed by atoms with van der Waals surface area (Å²) in [5, 5.41) is 9.44. The summed E-state index contributed by atoms with van der Waals surface area (Å²) in [5.41, 5.74) is 12.2. The van der Waals surface area contributed by atoms with Crippen LogP contribution in [0, 0.1) is 0 Å². The van der Waals surface area contributed by atoms with Gasteiger partial charge < -0.3 is 21.5 Å². The molecule has 0 bridgehead atoms. The third-order valence-electron chi connectivity index (χ3n) is 3.54. The number of hydrogen-bond acceptors (Lipinski definition) is 4. The molecule has 0 radical (unpaired) electrons. The Morgan fingerprint density at radius 3 is 2.62 bits per heavy atom. The van der Waals surface area contributed by atoms with Crippen molar-refractivity contribution in [3.05, 3.63) is 35.4 Å². The van der Waals surface area contributed by atoms with Gasteiger partial charge in [0.1, 0.15) is 0 Å². The summed E-state index contributed by atoms with van der Waals surface area (Å²) in [7, 11) is 0. The molecule has 0 aromatic heterocycles. The van der Waals surface area contributed by atoms with Crippen LogP contribution < -0.4 is 11.5 Å². The van der Waals surface area contributed by atoms with Crippen molar-refractivity contribution in [3.63, 3.8) is 0 Å². The number of hydrogen-bond donors (Lipinski definition) is 3. The second-order valence-electron chi connectivity index (χ2n) is 5.00. The number of nitrogens with two attached hydrogens (primary N) is 2. The van der Waals surface area contributed by atoms with Gasteiger partial charge in [0.05, 0.1) is 12.5 Å².